The van der Waals surface area contributed by atoms with Crippen LogP contribution in [0.15, 0.2) is 0 Å². The van der Waals surface area contributed by atoms with Crippen LogP contribution in [0.25, 0.3) is 0 Å². The number of hydrogen-bond donors (Lipinski definition) is 2. The quantitative estimate of drug-likeness (QED) is 0.331. The molecule has 0 heterocycles. The van der Waals surface area contributed by atoms with Crippen molar-refractivity contribution >= 4 is 67.5 Å². The van der Waals surface area contributed by atoms with Gasteiger partial charge in [-0.3, -0.25) is 0 Å². The van der Waals surface area contributed by atoms with Gasteiger partial charge in [0.1, 0.15) is 0 Å². The smallest absolute Gasteiger partial charge is 1.00 e. The molecule has 1 unspecified atom stereocenters. The molecule has 0 rings (SSSR count). The molecule has 6 heteroatoms. The van der Waals surface area contributed by atoms with E-state index in [0.29, 0.717) is 6.61 Å². The van der Waals surface area contributed by atoms with Gasteiger partial charge in [0.25, 0.3) is 0 Å². The van der Waals surface area contributed by atoms with Crippen molar-refractivity contribution in [3.05, 3.63) is 0 Å². The first-order valence-electron chi connectivity index (χ1n) is 3.76. The van der Waals surface area contributed by atoms with Gasteiger partial charge in [0.05, 0.1) is 6.61 Å². The van der Waals surface area contributed by atoms with Crippen LogP contribution >= 0.6 is 17.9 Å². The molecule has 0 aliphatic heterocycles. The summed E-state index contributed by atoms with van der Waals surface area (Å²) in [5.41, 5.74) is -2.69. The normalized spacial score (nSPS) is 14.9. The molecule has 0 aliphatic rings. The SMILES string of the molecule is CCCCCCOP(O)(=S)S.[Ca+2].[H-].[H-]. The Balaban J connectivity index is -0.000000167. The van der Waals surface area contributed by atoms with Gasteiger partial charge >= 0.3 is 37.7 Å². The molecule has 2 nitrogen and oxygen atoms in total. The molecule has 0 radical (unpaired) electrons. The van der Waals surface area contributed by atoms with Gasteiger partial charge < -0.3 is 12.3 Å². The minimum Gasteiger partial charge on any atom is -1.00 e. The maximum Gasteiger partial charge on any atom is 2.00 e. The van der Waals surface area contributed by atoms with Gasteiger partial charge in [0.2, 0.25) is 5.69 Å². The van der Waals surface area contributed by atoms with Crippen LogP contribution in [-0.2, 0) is 16.3 Å². The van der Waals surface area contributed by atoms with E-state index in [2.05, 4.69) is 31.0 Å². The second kappa shape index (κ2) is 9.72. The Kier molecular flexibility index (Phi) is 13.5. The molecule has 0 saturated heterocycles. The summed E-state index contributed by atoms with van der Waals surface area (Å²) in [5.74, 6) is 0. The summed E-state index contributed by atoms with van der Waals surface area (Å²) in [6, 6.07) is 0. The topological polar surface area (TPSA) is 29.5 Å². The molecular formula is C6H17CaO2PS2. The molecule has 12 heavy (non-hydrogen) atoms. The Morgan fingerprint density at radius 1 is 1.50 bits per heavy atom. The fourth-order valence-electron chi connectivity index (χ4n) is 0.712. The molecule has 0 fully saturated rings. The van der Waals surface area contributed by atoms with Crippen LogP contribution < -0.4 is 0 Å². The summed E-state index contributed by atoms with van der Waals surface area (Å²) < 4.78 is 4.92. The van der Waals surface area contributed by atoms with Crippen LogP contribution in [0, 0.1) is 0 Å². The second-order valence-electron chi connectivity index (χ2n) is 2.38. The van der Waals surface area contributed by atoms with Crippen molar-refractivity contribution in [2.75, 3.05) is 6.61 Å². The first kappa shape index (κ1) is 16.6. The minimum atomic E-state index is -2.69. The van der Waals surface area contributed by atoms with E-state index in [-0.39, 0.29) is 40.6 Å². The van der Waals surface area contributed by atoms with Crippen LogP contribution in [0.2, 0.25) is 0 Å². The third-order valence-electron chi connectivity index (χ3n) is 1.26. The maximum atomic E-state index is 8.94. The summed E-state index contributed by atoms with van der Waals surface area (Å²) in [6.07, 6.45) is 4.52. The molecule has 0 spiro atoms. The third-order valence-corrected chi connectivity index (χ3v) is 2.44. The fraction of sp³-hybridized carbons (Fsp3) is 1.00. The zero-order valence-electron chi connectivity index (χ0n) is 9.40. The van der Waals surface area contributed by atoms with Gasteiger partial charge in [-0.25, -0.2) is 0 Å². The van der Waals surface area contributed by atoms with E-state index in [1.165, 1.54) is 12.8 Å². The summed E-state index contributed by atoms with van der Waals surface area (Å²) in [7, 11) is 0. The molecule has 0 aliphatic carbocycles. The number of hydrogen-bond acceptors (Lipinski definition) is 2. The Labute approximate surface area is 118 Å². The van der Waals surface area contributed by atoms with E-state index in [1.807, 2.05) is 0 Å². The molecule has 0 bridgehead atoms. The van der Waals surface area contributed by atoms with Crippen LogP contribution in [0.4, 0.5) is 0 Å². The number of rotatable bonds is 6. The predicted octanol–water partition coefficient (Wildman–Crippen LogP) is 2.57. The molecule has 0 amide bonds. The van der Waals surface area contributed by atoms with Gasteiger partial charge in [-0.05, 0) is 18.2 Å². The standard InChI is InChI=1S/C6H15O2PS2.Ca.2H/c1-2-3-4-5-6-8-9(7,10)11;;;/h2-6H2,1H3,(H2,7,10,11);;;/q;+2;2*-1. The van der Waals surface area contributed by atoms with Crippen molar-refractivity contribution in [3.63, 3.8) is 0 Å². The van der Waals surface area contributed by atoms with Crippen LogP contribution in [-0.4, -0.2) is 49.2 Å². The van der Waals surface area contributed by atoms with Gasteiger partial charge in [-0.1, -0.05) is 38.4 Å². The third kappa shape index (κ3) is 14.7. The summed E-state index contributed by atoms with van der Waals surface area (Å²) >= 11 is 8.31. The van der Waals surface area contributed by atoms with Crippen molar-refractivity contribution in [1.29, 1.82) is 0 Å². The van der Waals surface area contributed by atoms with E-state index in [9.17, 15) is 0 Å². The first-order valence-corrected chi connectivity index (χ1v) is 7.59. The number of unbranched alkanes of at least 4 members (excludes halogenated alkanes) is 3. The van der Waals surface area contributed by atoms with Gasteiger partial charge in [0, 0.05) is 0 Å². The summed E-state index contributed by atoms with van der Waals surface area (Å²) in [6.45, 7) is 2.69. The Morgan fingerprint density at radius 3 is 2.50 bits per heavy atom. The summed E-state index contributed by atoms with van der Waals surface area (Å²) in [5, 5.41) is 0. The molecular weight excluding hydrogens is 239 g/mol. The van der Waals surface area contributed by atoms with Crippen LogP contribution in [0.1, 0.15) is 35.5 Å². The zero-order valence-corrected chi connectivity index (χ0v) is 12.2. The van der Waals surface area contributed by atoms with Crippen LogP contribution in [0.5, 0.6) is 0 Å². The van der Waals surface area contributed by atoms with Gasteiger partial charge in [-0.15, -0.1) is 0 Å². The maximum absolute atomic E-state index is 8.94. The molecule has 0 aromatic heterocycles. The van der Waals surface area contributed by atoms with Crippen LogP contribution in [0.3, 0.4) is 0 Å². The average molecular weight is 256 g/mol. The second-order valence-corrected chi connectivity index (χ2v) is 7.55. The van der Waals surface area contributed by atoms with Crippen molar-refractivity contribution in [3.8, 4) is 0 Å². The van der Waals surface area contributed by atoms with E-state index < -0.39 is 5.69 Å². The van der Waals surface area contributed by atoms with E-state index in [0.717, 1.165) is 12.8 Å². The number of thiol groups is 1. The predicted molar refractivity (Wildman–Crippen MR) is 63.6 cm³/mol. The van der Waals surface area contributed by atoms with Gasteiger partial charge in [0.15, 0.2) is 0 Å². The van der Waals surface area contributed by atoms with Crippen molar-refractivity contribution < 1.29 is 12.3 Å². The minimum absolute atomic E-state index is 0. The van der Waals surface area contributed by atoms with Gasteiger partial charge in [-0.2, -0.15) is 0 Å². The zero-order chi connectivity index (χ0) is 8.74. The molecule has 72 valence electrons. The Morgan fingerprint density at radius 2 is 2.08 bits per heavy atom. The summed E-state index contributed by atoms with van der Waals surface area (Å²) in [4.78, 5) is 8.94. The molecule has 0 aromatic rings. The average Bonchev–Trinajstić information content (AvgIpc) is 1.85. The molecule has 0 saturated carbocycles. The fourth-order valence-corrected chi connectivity index (χ4v) is 1.55. The Hall–Kier alpha value is 2.18. The van der Waals surface area contributed by atoms with Crippen molar-refractivity contribution in [2.45, 2.75) is 32.6 Å². The Bertz CT molecular complexity index is 148. The van der Waals surface area contributed by atoms with Crippen molar-refractivity contribution in [2.24, 2.45) is 0 Å². The molecule has 1 N–H and O–H groups in total. The van der Waals surface area contributed by atoms with Crippen molar-refractivity contribution in [1.82, 2.24) is 0 Å². The van der Waals surface area contributed by atoms with E-state index >= 15 is 0 Å². The molecule has 0 aromatic carbocycles. The first-order chi connectivity index (χ1) is 5.06. The molecule has 1 atom stereocenters. The monoisotopic (exact) mass is 256 g/mol. The largest absolute Gasteiger partial charge is 2.00 e. The van der Waals surface area contributed by atoms with E-state index in [1.54, 1.807) is 0 Å². The van der Waals surface area contributed by atoms with E-state index in [4.69, 9.17) is 9.42 Å².